The fourth-order valence-electron chi connectivity index (χ4n) is 4.69. The summed E-state index contributed by atoms with van der Waals surface area (Å²) in [6.45, 7) is 11.1. The van der Waals surface area contributed by atoms with E-state index in [1.54, 1.807) is 0 Å². The van der Waals surface area contributed by atoms with Crippen molar-refractivity contribution < 1.29 is 23.1 Å². The molecule has 0 spiro atoms. The average Bonchev–Trinajstić information content (AvgIpc) is 3.09. The molecule has 0 bridgehead atoms. The first-order chi connectivity index (χ1) is 15.9. The van der Waals surface area contributed by atoms with E-state index < -0.39 is 17.0 Å². The molecule has 1 aliphatic carbocycles. The number of hydrogen-bond acceptors (Lipinski definition) is 4. The molecule has 0 aromatic heterocycles. The highest BCUT2D eigenvalue weighted by molar-refractivity contribution is 8.18. The highest BCUT2D eigenvalue weighted by Gasteiger charge is 2.37. The summed E-state index contributed by atoms with van der Waals surface area (Å²) in [6.07, 6.45) is 3.73. The first-order valence-electron chi connectivity index (χ1n) is 11.1. The number of methoxy groups -OCH3 is 1. The predicted molar refractivity (Wildman–Crippen MR) is 135 cm³/mol. The Kier molecular flexibility index (Phi) is 7.27. The molecule has 1 saturated heterocycles. The molecule has 1 heterocycles. The summed E-state index contributed by atoms with van der Waals surface area (Å²) in [4.78, 5) is 23.7. The summed E-state index contributed by atoms with van der Waals surface area (Å²) in [7, 11) is 1.96. The summed E-state index contributed by atoms with van der Waals surface area (Å²) in [5.74, 6) is -0.808. The highest BCUT2D eigenvalue weighted by atomic mass is 32.2. The van der Waals surface area contributed by atoms with Crippen molar-refractivity contribution in [3.8, 4) is 16.9 Å². The maximum atomic E-state index is 15.1. The van der Waals surface area contributed by atoms with E-state index in [9.17, 15) is 14.0 Å². The molecule has 2 aromatic rings. The van der Waals surface area contributed by atoms with Gasteiger partial charge in [-0.25, -0.2) is 4.39 Å². The van der Waals surface area contributed by atoms with Gasteiger partial charge < -0.3 is 4.74 Å². The standard InChI is InChI=1S/C26H28FNO3S.CH3F/c1-14-9-18-19(26(4,5)8-7-25(18,2)3)13-16(14)17-10-15(11-20(27)22(17)31-6)12-21-23(29)28-24(30)32-21;1-2/h9-13H,7-8H2,1-6H3,(H,28,29,30);1H3/b21-12-;. The van der Waals surface area contributed by atoms with Crippen LogP contribution in [0.1, 0.15) is 62.8 Å². The Bertz CT molecular complexity index is 1180. The average molecular weight is 488 g/mol. The molecule has 2 aromatic carbocycles. The van der Waals surface area contributed by atoms with Crippen LogP contribution in [-0.4, -0.2) is 25.4 Å². The zero-order valence-corrected chi connectivity index (χ0v) is 21.5. The van der Waals surface area contributed by atoms with Gasteiger partial charge in [0.1, 0.15) is 0 Å². The second-order valence-electron chi connectivity index (χ2n) is 9.92. The second kappa shape index (κ2) is 9.53. The minimum Gasteiger partial charge on any atom is -0.493 e. The van der Waals surface area contributed by atoms with Crippen molar-refractivity contribution >= 4 is 29.0 Å². The molecule has 34 heavy (non-hydrogen) atoms. The molecule has 4 nitrogen and oxygen atoms in total. The van der Waals surface area contributed by atoms with E-state index in [4.69, 9.17) is 4.74 Å². The van der Waals surface area contributed by atoms with Crippen LogP contribution >= 0.6 is 11.8 Å². The summed E-state index contributed by atoms with van der Waals surface area (Å²) in [6, 6.07) is 7.56. The maximum Gasteiger partial charge on any atom is 0.290 e. The molecule has 0 unspecified atom stereocenters. The van der Waals surface area contributed by atoms with Crippen molar-refractivity contribution in [1.29, 1.82) is 0 Å². The van der Waals surface area contributed by atoms with Gasteiger partial charge in [0.15, 0.2) is 11.6 Å². The number of nitrogens with one attached hydrogen (secondary N) is 1. The Morgan fingerprint density at radius 1 is 0.971 bits per heavy atom. The number of alkyl halides is 1. The summed E-state index contributed by atoms with van der Waals surface area (Å²) in [5, 5.41) is 1.80. The Morgan fingerprint density at radius 2 is 1.56 bits per heavy atom. The zero-order chi connectivity index (χ0) is 25.4. The number of fused-ring (bicyclic) bond motifs is 1. The largest absolute Gasteiger partial charge is 0.493 e. The summed E-state index contributed by atoms with van der Waals surface area (Å²) in [5.41, 5.74) is 5.79. The number of benzene rings is 2. The lowest BCUT2D eigenvalue weighted by atomic mass is 9.62. The molecular weight excluding hydrogens is 456 g/mol. The van der Waals surface area contributed by atoms with Gasteiger partial charge in [-0.3, -0.25) is 19.3 Å². The van der Waals surface area contributed by atoms with Crippen LogP contribution in [0.4, 0.5) is 13.6 Å². The lowest BCUT2D eigenvalue weighted by molar-refractivity contribution is -0.115. The number of ether oxygens (including phenoxy) is 1. The molecule has 2 amide bonds. The third-order valence-corrected chi connectivity index (χ3v) is 7.51. The van der Waals surface area contributed by atoms with Gasteiger partial charge in [-0.15, -0.1) is 0 Å². The van der Waals surface area contributed by atoms with Crippen LogP contribution in [0.2, 0.25) is 0 Å². The number of imide groups is 1. The van der Waals surface area contributed by atoms with Crippen LogP contribution in [0.3, 0.4) is 0 Å². The number of carbonyl (C=O) groups is 2. The van der Waals surface area contributed by atoms with Crippen LogP contribution in [0.5, 0.6) is 5.75 Å². The Hall–Kier alpha value is -2.67. The van der Waals surface area contributed by atoms with Crippen molar-refractivity contribution in [3.05, 3.63) is 57.2 Å². The van der Waals surface area contributed by atoms with Gasteiger partial charge in [0.2, 0.25) is 0 Å². The number of aryl methyl sites for hydroxylation is 1. The van der Waals surface area contributed by atoms with Crippen molar-refractivity contribution in [2.45, 2.75) is 58.3 Å². The molecule has 0 radical (unpaired) electrons. The van der Waals surface area contributed by atoms with E-state index in [2.05, 4.69) is 45.1 Å². The highest BCUT2D eigenvalue weighted by Crippen LogP contribution is 2.48. The summed E-state index contributed by atoms with van der Waals surface area (Å²) < 4.78 is 30.0. The van der Waals surface area contributed by atoms with Crippen LogP contribution in [0.25, 0.3) is 17.2 Å². The van der Waals surface area contributed by atoms with E-state index in [1.165, 1.54) is 30.4 Å². The Balaban J connectivity index is 0.00000158. The van der Waals surface area contributed by atoms with E-state index in [-0.39, 0.29) is 21.5 Å². The molecule has 0 atom stereocenters. The maximum absolute atomic E-state index is 15.1. The second-order valence-corrected chi connectivity index (χ2v) is 10.9. The molecular formula is C27H31F2NO3S. The van der Waals surface area contributed by atoms with Crippen molar-refractivity contribution in [3.63, 3.8) is 0 Å². The van der Waals surface area contributed by atoms with Crippen LogP contribution in [-0.2, 0) is 15.6 Å². The van der Waals surface area contributed by atoms with Crippen molar-refractivity contribution in [2.24, 2.45) is 0 Å². The first-order valence-corrected chi connectivity index (χ1v) is 11.9. The van der Waals surface area contributed by atoms with E-state index in [1.807, 2.05) is 13.0 Å². The molecule has 2 aliphatic rings. The number of thioether (sulfide) groups is 1. The van der Waals surface area contributed by atoms with Crippen LogP contribution in [0.15, 0.2) is 29.2 Å². The number of amides is 2. The molecule has 1 fully saturated rings. The minimum atomic E-state index is -0.511. The topological polar surface area (TPSA) is 55.4 Å². The number of hydrogen-bond donors (Lipinski definition) is 1. The van der Waals surface area contributed by atoms with Crippen molar-refractivity contribution in [2.75, 3.05) is 14.3 Å². The first kappa shape index (κ1) is 25.9. The van der Waals surface area contributed by atoms with Gasteiger partial charge in [0, 0.05) is 5.56 Å². The molecule has 182 valence electrons. The summed E-state index contributed by atoms with van der Waals surface area (Å²) >= 11 is 0.815. The predicted octanol–water partition coefficient (Wildman–Crippen LogP) is 7.07. The Labute approximate surface area is 204 Å². The van der Waals surface area contributed by atoms with E-state index in [0.29, 0.717) is 18.3 Å². The van der Waals surface area contributed by atoms with Gasteiger partial charge >= 0.3 is 0 Å². The van der Waals surface area contributed by atoms with Gasteiger partial charge in [0.05, 0.1) is 19.2 Å². The minimum absolute atomic E-state index is 0.0115. The van der Waals surface area contributed by atoms with Gasteiger partial charge in [-0.2, -0.15) is 0 Å². The number of rotatable bonds is 3. The van der Waals surface area contributed by atoms with E-state index in [0.717, 1.165) is 35.7 Å². The fourth-order valence-corrected chi connectivity index (χ4v) is 5.37. The molecule has 0 saturated carbocycles. The van der Waals surface area contributed by atoms with Crippen molar-refractivity contribution in [1.82, 2.24) is 5.32 Å². The quantitative estimate of drug-likeness (QED) is 0.471. The number of halogens is 2. The van der Waals surface area contributed by atoms with Crippen LogP contribution in [0, 0.1) is 12.7 Å². The van der Waals surface area contributed by atoms with E-state index >= 15 is 4.39 Å². The third-order valence-electron chi connectivity index (χ3n) is 6.70. The zero-order valence-electron chi connectivity index (χ0n) is 20.7. The van der Waals surface area contributed by atoms with Crippen LogP contribution < -0.4 is 10.1 Å². The van der Waals surface area contributed by atoms with Gasteiger partial charge in [-0.1, -0.05) is 33.8 Å². The monoisotopic (exact) mass is 487 g/mol. The molecule has 1 aliphatic heterocycles. The lowest BCUT2D eigenvalue weighted by Crippen LogP contribution is -2.34. The molecule has 7 heteroatoms. The third kappa shape index (κ3) is 4.76. The normalized spacial score (nSPS) is 19.3. The molecule has 1 N–H and O–H groups in total. The number of carbonyl (C=O) groups excluding carboxylic acids is 2. The SMILES string of the molecule is CF.COc1c(F)cc(/C=C2\SC(=O)NC2=O)cc1-c1cc2c(cc1C)C(C)(C)CCC2(C)C. The molecule has 4 rings (SSSR count). The van der Waals surface area contributed by atoms with Gasteiger partial charge in [-0.05, 0) is 94.4 Å². The van der Waals surface area contributed by atoms with Gasteiger partial charge in [0.25, 0.3) is 11.1 Å². The smallest absolute Gasteiger partial charge is 0.290 e. The fraction of sp³-hybridized carbons (Fsp3) is 0.407. The Morgan fingerprint density at radius 3 is 2.09 bits per heavy atom. The lowest BCUT2D eigenvalue weighted by Gasteiger charge is -2.42.